The first-order chi connectivity index (χ1) is 7.88. The lowest BCUT2D eigenvalue weighted by Crippen LogP contribution is -2.18. The normalized spacial score (nSPS) is 17.8. The molecule has 0 spiro atoms. The van der Waals surface area contributed by atoms with E-state index in [0.29, 0.717) is 6.04 Å². The predicted molar refractivity (Wildman–Crippen MR) is 66.9 cm³/mol. The van der Waals surface area contributed by atoms with Crippen molar-refractivity contribution < 1.29 is 4.79 Å². The van der Waals surface area contributed by atoms with Crippen LogP contribution in [0.3, 0.4) is 0 Å². The summed E-state index contributed by atoms with van der Waals surface area (Å²) in [6.45, 7) is 0. The first-order valence-electron chi connectivity index (χ1n) is 6.20. The van der Waals surface area contributed by atoms with Gasteiger partial charge in [0.15, 0.2) is 0 Å². The summed E-state index contributed by atoms with van der Waals surface area (Å²) in [6, 6.07) is 8.34. The molecule has 1 N–H and O–H groups in total. The third-order valence-corrected chi connectivity index (χ3v) is 3.27. The molecular weight excluding hydrogens is 198 g/mol. The highest BCUT2D eigenvalue weighted by Gasteiger charge is 2.11. The molecule has 0 aromatic heterocycles. The topological polar surface area (TPSA) is 29.1 Å². The van der Waals surface area contributed by atoms with Gasteiger partial charge in [0.25, 0.3) is 0 Å². The molecule has 1 fully saturated rings. The maximum Gasteiger partial charge on any atom is 0.150 e. The molecule has 1 saturated carbocycles. The second-order valence-electron chi connectivity index (χ2n) is 4.57. The lowest BCUT2D eigenvalue weighted by Gasteiger charge is -2.17. The molecular formula is C14H19NO. The highest BCUT2D eigenvalue weighted by atomic mass is 16.1. The van der Waals surface area contributed by atoms with Gasteiger partial charge in [-0.3, -0.25) is 4.79 Å². The first kappa shape index (κ1) is 11.2. The number of hydrogen-bond acceptors (Lipinski definition) is 2. The molecule has 2 nitrogen and oxygen atoms in total. The number of rotatable bonds is 3. The molecule has 2 rings (SSSR count). The fourth-order valence-corrected chi connectivity index (χ4v) is 2.32. The lowest BCUT2D eigenvalue weighted by atomic mass is 10.1. The van der Waals surface area contributed by atoms with Gasteiger partial charge in [0.2, 0.25) is 0 Å². The van der Waals surface area contributed by atoms with Gasteiger partial charge in [-0.05, 0) is 37.1 Å². The molecule has 0 radical (unpaired) electrons. The Kier molecular flexibility index (Phi) is 3.97. The van der Waals surface area contributed by atoms with Crippen molar-refractivity contribution in [3.8, 4) is 0 Å². The minimum absolute atomic E-state index is 0.615. The van der Waals surface area contributed by atoms with E-state index >= 15 is 0 Å². The fraction of sp³-hybridized carbons (Fsp3) is 0.500. The van der Waals surface area contributed by atoms with Crippen molar-refractivity contribution in [1.29, 1.82) is 0 Å². The van der Waals surface area contributed by atoms with Crippen LogP contribution in [0.5, 0.6) is 0 Å². The minimum atomic E-state index is 0.615. The maximum absolute atomic E-state index is 10.5. The average molecular weight is 217 g/mol. The van der Waals surface area contributed by atoms with Gasteiger partial charge in [-0.25, -0.2) is 0 Å². The van der Waals surface area contributed by atoms with Crippen molar-refractivity contribution in [2.45, 2.75) is 44.6 Å². The van der Waals surface area contributed by atoms with Crippen LogP contribution in [0.4, 0.5) is 5.69 Å². The van der Waals surface area contributed by atoms with Gasteiger partial charge in [0.05, 0.1) is 0 Å². The van der Waals surface area contributed by atoms with Crippen LogP contribution in [0, 0.1) is 0 Å². The van der Waals surface area contributed by atoms with Gasteiger partial charge in [0.1, 0.15) is 6.29 Å². The Bertz CT molecular complexity index is 323. The van der Waals surface area contributed by atoms with Crippen LogP contribution in [-0.2, 0) is 0 Å². The van der Waals surface area contributed by atoms with E-state index in [4.69, 9.17) is 0 Å². The molecule has 0 amide bonds. The van der Waals surface area contributed by atoms with Crippen molar-refractivity contribution in [2.24, 2.45) is 0 Å². The monoisotopic (exact) mass is 217 g/mol. The van der Waals surface area contributed by atoms with E-state index in [0.717, 1.165) is 17.5 Å². The molecule has 0 aliphatic heterocycles. The van der Waals surface area contributed by atoms with E-state index in [1.165, 1.54) is 38.5 Å². The molecule has 86 valence electrons. The van der Waals surface area contributed by atoms with Crippen molar-refractivity contribution >= 4 is 12.0 Å². The Morgan fingerprint density at radius 3 is 2.19 bits per heavy atom. The predicted octanol–water partition coefficient (Wildman–Crippen LogP) is 3.63. The van der Waals surface area contributed by atoms with Crippen LogP contribution in [0.2, 0.25) is 0 Å². The number of hydrogen-bond donors (Lipinski definition) is 1. The maximum atomic E-state index is 10.5. The second kappa shape index (κ2) is 5.69. The number of carbonyl (C=O) groups excluding carboxylic acids is 1. The number of aldehydes is 1. The van der Waals surface area contributed by atoms with Crippen LogP contribution >= 0.6 is 0 Å². The standard InChI is InChI=1S/C14H19NO/c16-11-12-7-9-14(10-8-12)15-13-5-3-1-2-4-6-13/h7-11,13,15H,1-6H2. The third kappa shape index (κ3) is 3.09. The summed E-state index contributed by atoms with van der Waals surface area (Å²) in [5.74, 6) is 0. The van der Waals surface area contributed by atoms with Crippen LogP contribution < -0.4 is 5.32 Å². The van der Waals surface area contributed by atoms with Crippen molar-refractivity contribution in [3.63, 3.8) is 0 Å². The summed E-state index contributed by atoms with van der Waals surface area (Å²) < 4.78 is 0. The molecule has 0 atom stereocenters. The van der Waals surface area contributed by atoms with Crippen molar-refractivity contribution in [3.05, 3.63) is 29.8 Å². The Morgan fingerprint density at radius 2 is 1.62 bits per heavy atom. The SMILES string of the molecule is O=Cc1ccc(NC2CCCCCC2)cc1. The van der Waals surface area contributed by atoms with E-state index in [1.54, 1.807) is 0 Å². The zero-order chi connectivity index (χ0) is 11.2. The second-order valence-corrected chi connectivity index (χ2v) is 4.57. The summed E-state index contributed by atoms with van der Waals surface area (Å²) in [4.78, 5) is 10.5. The molecule has 0 bridgehead atoms. The molecule has 1 aromatic carbocycles. The summed E-state index contributed by atoms with van der Waals surface area (Å²) >= 11 is 0. The molecule has 0 saturated heterocycles. The Labute approximate surface area is 97.1 Å². The van der Waals surface area contributed by atoms with Gasteiger partial charge in [0, 0.05) is 17.3 Å². The number of benzene rings is 1. The van der Waals surface area contributed by atoms with E-state index < -0.39 is 0 Å². The smallest absolute Gasteiger partial charge is 0.150 e. The zero-order valence-corrected chi connectivity index (χ0v) is 9.61. The molecule has 0 unspecified atom stereocenters. The lowest BCUT2D eigenvalue weighted by molar-refractivity contribution is 0.112. The summed E-state index contributed by atoms with van der Waals surface area (Å²) in [6.07, 6.45) is 8.86. The Balaban J connectivity index is 1.93. The summed E-state index contributed by atoms with van der Waals surface area (Å²) in [7, 11) is 0. The Hall–Kier alpha value is -1.31. The van der Waals surface area contributed by atoms with Gasteiger partial charge in [-0.2, -0.15) is 0 Å². The minimum Gasteiger partial charge on any atom is -0.382 e. The quantitative estimate of drug-likeness (QED) is 0.618. The van der Waals surface area contributed by atoms with E-state index in [-0.39, 0.29) is 0 Å². The van der Waals surface area contributed by atoms with Gasteiger partial charge in [-0.15, -0.1) is 0 Å². The molecule has 1 aliphatic rings. The molecule has 0 heterocycles. The summed E-state index contributed by atoms with van der Waals surface area (Å²) in [5, 5.41) is 3.56. The molecule has 16 heavy (non-hydrogen) atoms. The molecule has 1 aliphatic carbocycles. The zero-order valence-electron chi connectivity index (χ0n) is 9.61. The van der Waals surface area contributed by atoms with E-state index in [2.05, 4.69) is 5.32 Å². The molecule has 2 heteroatoms. The van der Waals surface area contributed by atoms with Crippen LogP contribution in [-0.4, -0.2) is 12.3 Å². The van der Waals surface area contributed by atoms with E-state index in [1.807, 2.05) is 24.3 Å². The van der Waals surface area contributed by atoms with Crippen LogP contribution in [0.25, 0.3) is 0 Å². The Morgan fingerprint density at radius 1 is 1.00 bits per heavy atom. The molecule has 1 aromatic rings. The van der Waals surface area contributed by atoms with Gasteiger partial charge < -0.3 is 5.32 Å². The fourth-order valence-electron chi connectivity index (χ4n) is 2.32. The van der Waals surface area contributed by atoms with Gasteiger partial charge >= 0.3 is 0 Å². The number of nitrogens with one attached hydrogen (secondary N) is 1. The highest BCUT2D eigenvalue weighted by Crippen LogP contribution is 2.21. The third-order valence-electron chi connectivity index (χ3n) is 3.27. The van der Waals surface area contributed by atoms with Crippen molar-refractivity contribution in [2.75, 3.05) is 5.32 Å². The largest absolute Gasteiger partial charge is 0.382 e. The van der Waals surface area contributed by atoms with E-state index in [9.17, 15) is 4.79 Å². The van der Waals surface area contributed by atoms with Crippen LogP contribution in [0.15, 0.2) is 24.3 Å². The average Bonchev–Trinajstić information content (AvgIpc) is 2.59. The summed E-state index contributed by atoms with van der Waals surface area (Å²) in [5.41, 5.74) is 1.88. The van der Waals surface area contributed by atoms with Crippen molar-refractivity contribution in [1.82, 2.24) is 0 Å². The number of anilines is 1. The first-order valence-corrected chi connectivity index (χ1v) is 6.20. The van der Waals surface area contributed by atoms with Gasteiger partial charge in [-0.1, -0.05) is 25.7 Å². The highest BCUT2D eigenvalue weighted by molar-refractivity contribution is 5.75. The van der Waals surface area contributed by atoms with Crippen LogP contribution in [0.1, 0.15) is 48.9 Å². The number of carbonyl (C=O) groups is 1.